The maximum atomic E-state index is 14.1. The summed E-state index contributed by atoms with van der Waals surface area (Å²) < 4.78 is 56.7. The molecular weight excluding hydrogens is 366 g/mol. The number of alkyl halides is 4. The minimum atomic E-state index is -4.28. The smallest absolute Gasteiger partial charge is 0.229 e. The Labute approximate surface area is 142 Å². The van der Waals surface area contributed by atoms with Crippen LogP contribution in [-0.4, -0.2) is 15.5 Å². The first-order valence-corrected chi connectivity index (χ1v) is 8.87. The van der Waals surface area contributed by atoms with Gasteiger partial charge < -0.3 is 0 Å². The molecule has 2 aromatic carbocycles. The third-order valence-corrected chi connectivity index (χ3v) is 6.08. The molecule has 1 heterocycles. The van der Waals surface area contributed by atoms with Gasteiger partial charge in [0, 0.05) is 4.90 Å². The molecule has 0 spiro atoms. The number of aromatic nitrogens is 1. The normalized spacial score (nSPS) is 12.7. The zero-order valence-corrected chi connectivity index (χ0v) is 13.8. The quantitative estimate of drug-likeness (QED) is 0.380. The maximum Gasteiger partial charge on any atom is 0.372 e. The van der Waals surface area contributed by atoms with Crippen LogP contribution in [-0.2, 0) is 0 Å². The molecule has 0 aliphatic heterocycles. The van der Waals surface area contributed by atoms with Gasteiger partial charge in [0.2, 0.25) is 0 Å². The zero-order chi connectivity index (χ0) is 16.5. The molecule has 0 fully saturated rings. The molecule has 8 heteroatoms. The van der Waals surface area contributed by atoms with E-state index in [1.165, 1.54) is 24.3 Å². The third-order valence-electron chi connectivity index (χ3n) is 2.82. The van der Waals surface area contributed by atoms with Crippen molar-refractivity contribution in [2.45, 2.75) is 19.7 Å². The molecule has 0 aliphatic rings. The highest BCUT2D eigenvalue weighted by atomic mass is 32.2. The summed E-state index contributed by atoms with van der Waals surface area (Å²) in [7, 11) is 0. The second-order valence-corrected chi connectivity index (χ2v) is 8.08. The van der Waals surface area contributed by atoms with Gasteiger partial charge in [-0.25, -0.2) is 4.98 Å². The number of nitrogens with zero attached hydrogens (tertiary/aromatic N) is 1. The molecule has 0 saturated carbocycles. The molecule has 0 unspecified atom stereocenters. The average Bonchev–Trinajstić information content (AvgIpc) is 2.89. The van der Waals surface area contributed by atoms with Crippen LogP contribution in [0.2, 0.25) is 0 Å². The highest BCUT2D eigenvalue weighted by Gasteiger charge is 2.58. The molecule has 3 aromatic rings. The number of hydrogen-bond acceptors (Lipinski definition) is 4. The van der Waals surface area contributed by atoms with Crippen molar-refractivity contribution in [3.8, 4) is 0 Å². The van der Waals surface area contributed by atoms with Crippen LogP contribution in [0.25, 0.3) is 10.2 Å². The van der Waals surface area contributed by atoms with Crippen molar-refractivity contribution in [3.63, 3.8) is 0 Å². The topological polar surface area (TPSA) is 12.9 Å². The number of rotatable bonds is 5. The molecule has 120 valence electrons. The molecule has 0 atom stereocenters. The molecule has 1 nitrogen and oxygen atoms in total. The van der Waals surface area contributed by atoms with Crippen molar-refractivity contribution in [1.82, 2.24) is 4.98 Å². The van der Waals surface area contributed by atoms with Crippen LogP contribution >= 0.6 is 34.9 Å². The number of hydrogen-bond donors (Lipinski definition) is 0. The minimum Gasteiger partial charge on any atom is -0.229 e. The van der Waals surface area contributed by atoms with Gasteiger partial charge in [-0.15, -0.1) is 11.3 Å². The number of fused-ring (bicyclic) bond motifs is 1. The molecule has 1 aromatic heterocycles. The Morgan fingerprint density at radius 3 is 2.09 bits per heavy atom. The Morgan fingerprint density at radius 2 is 1.39 bits per heavy atom. The van der Waals surface area contributed by atoms with Crippen LogP contribution in [0.5, 0.6) is 0 Å². The van der Waals surface area contributed by atoms with E-state index >= 15 is 0 Å². The van der Waals surface area contributed by atoms with Gasteiger partial charge in [-0.1, -0.05) is 30.3 Å². The van der Waals surface area contributed by atoms with E-state index < -0.39 is 10.5 Å². The highest BCUT2D eigenvalue weighted by molar-refractivity contribution is 8.05. The summed E-state index contributed by atoms with van der Waals surface area (Å²) >= 11 is 0.629. The van der Waals surface area contributed by atoms with Crippen molar-refractivity contribution >= 4 is 45.1 Å². The molecule has 0 amide bonds. The lowest BCUT2D eigenvalue weighted by Crippen LogP contribution is -2.34. The minimum absolute atomic E-state index is 0.0791. The van der Waals surface area contributed by atoms with Gasteiger partial charge in [0.15, 0.2) is 4.34 Å². The Balaban J connectivity index is 1.81. The predicted molar refractivity (Wildman–Crippen MR) is 87.7 cm³/mol. The molecule has 23 heavy (non-hydrogen) atoms. The highest BCUT2D eigenvalue weighted by Crippen LogP contribution is 2.54. The van der Waals surface area contributed by atoms with E-state index in [9.17, 15) is 17.6 Å². The maximum absolute atomic E-state index is 14.1. The largest absolute Gasteiger partial charge is 0.372 e. The first-order valence-electron chi connectivity index (χ1n) is 6.42. The van der Waals surface area contributed by atoms with Crippen molar-refractivity contribution in [3.05, 3.63) is 54.6 Å². The molecule has 0 radical (unpaired) electrons. The van der Waals surface area contributed by atoms with E-state index in [1.807, 2.05) is 0 Å². The fraction of sp³-hybridized carbons (Fsp3) is 0.133. The van der Waals surface area contributed by atoms with E-state index in [0.29, 0.717) is 10.2 Å². The number of halogens is 4. The Kier molecular flexibility index (Phi) is 4.57. The van der Waals surface area contributed by atoms with E-state index in [1.54, 1.807) is 30.3 Å². The van der Waals surface area contributed by atoms with Crippen LogP contribution in [0.4, 0.5) is 17.6 Å². The summed E-state index contributed by atoms with van der Waals surface area (Å²) in [5, 5.41) is -8.53. The molecule has 3 rings (SSSR count). The van der Waals surface area contributed by atoms with Gasteiger partial charge in [0.25, 0.3) is 0 Å². The van der Waals surface area contributed by atoms with Crippen LogP contribution in [0.15, 0.2) is 63.8 Å². The summed E-state index contributed by atoms with van der Waals surface area (Å²) in [6.07, 6.45) is 0. The molecule has 0 N–H and O–H groups in total. The van der Waals surface area contributed by atoms with Gasteiger partial charge in [0.1, 0.15) is 0 Å². The molecule has 0 bridgehead atoms. The number of thiazole rings is 1. The molecule has 0 aliphatic carbocycles. The fourth-order valence-corrected chi connectivity index (χ4v) is 4.65. The second-order valence-electron chi connectivity index (χ2n) is 4.50. The van der Waals surface area contributed by atoms with E-state index in [-0.39, 0.29) is 32.8 Å². The summed E-state index contributed by atoms with van der Waals surface area (Å²) in [5.74, 6) is 0. The lowest BCUT2D eigenvalue weighted by Gasteiger charge is -2.24. The van der Waals surface area contributed by atoms with Crippen molar-refractivity contribution < 1.29 is 17.6 Å². The Hall–Kier alpha value is -1.25. The van der Waals surface area contributed by atoms with Gasteiger partial charge in [0.05, 0.1) is 10.2 Å². The van der Waals surface area contributed by atoms with Crippen molar-refractivity contribution in [1.29, 1.82) is 0 Å². The van der Waals surface area contributed by atoms with Gasteiger partial charge in [-0.2, -0.15) is 17.6 Å². The number of benzene rings is 2. The van der Waals surface area contributed by atoms with Crippen LogP contribution in [0, 0.1) is 0 Å². The van der Waals surface area contributed by atoms with E-state index in [4.69, 9.17) is 0 Å². The summed E-state index contributed by atoms with van der Waals surface area (Å²) in [4.78, 5) is 4.06. The van der Waals surface area contributed by atoms with Crippen molar-refractivity contribution in [2.24, 2.45) is 0 Å². The first-order chi connectivity index (χ1) is 10.9. The summed E-state index contributed by atoms with van der Waals surface area (Å²) in [6, 6.07) is 14.3. The molecular formula is C15H9F4NS3. The molecule has 0 saturated heterocycles. The second kappa shape index (κ2) is 6.33. The van der Waals surface area contributed by atoms with Gasteiger partial charge in [-0.3, -0.25) is 0 Å². The van der Waals surface area contributed by atoms with E-state index in [0.717, 1.165) is 11.3 Å². The van der Waals surface area contributed by atoms with Crippen LogP contribution in [0.3, 0.4) is 0 Å². The Bertz CT molecular complexity index is 772. The standard InChI is InChI=1S/C15H9F4NS3/c16-14(17,22-10-6-2-1-3-7-10)15(18,19)23-13-20-11-8-4-5-9-12(11)21-13/h1-9H. The van der Waals surface area contributed by atoms with Gasteiger partial charge >= 0.3 is 10.5 Å². The van der Waals surface area contributed by atoms with E-state index in [2.05, 4.69) is 4.98 Å². The zero-order valence-electron chi connectivity index (χ0n) is 11.4. The predicted octanol–water partition coefficient (Wildman–Crippen LogP) is 6.37. The fourth-order valence-electron chi connectivity index (χ4n) is 1.76. The third kappa shape index (κ3) is 3.64. The number of para-hydroxylation sites is 1. The first kappa shape index (κ1) is 16.6. The van der Waals surface area contributed by atoms with Crippen LogP contribution < -0.4 is 0 Å². The average molecular weight is 375 g/mol. The van der Waals surface area contributed by atoms with Crippen LogP contribution in [0.1, 0.15) is 0 Å². The van der Waals surface area contributed by atoms with Gasteiger partial charge in [-0.05, 0) is 47.8 Å². The van der Waals surface area contributed by atoms with Crippen molar-refractivity contribution in [2.75, 3.05) is 0 Å². The summed E-state index contributed by atoms with van der Waals surface area (Å²) in [5.41, 5.74) is 0.523. The summed E-state index contributed by atoms with van der Waals surface area (Å²) in [6.45, 7) is 0. The number of thioether (sulfide) groups is 2. The SMILES string of the molecule is FC(F)(Sc1ccccc1)C(F)(F)Sc1nc2ccccc2s1. The lowest BCUT2D eigenvalue weighted by molar-refractivity contribution is -0.0834. The lowest BCUT2D eigenvalue weighted by atomic mass is 10.3. The monoisotopic (exact) mass is 375 g/mol. The Morgan fingerprint density at radius 1 is 0.783 bits per heavy atom.